The number of nitrogens with one attached hydrogen (secondary N) is 1. The maximum Gasteiger partial charge on any atom is 0.335 e. The standard InChI is InChI=1S/C24H16Cl2N2O5/c25-16-4-1-14(2-5-16)13-33-21-10-3-15(12-20(21)26)11-19-22(30)27-24(32)28(23(19)31)17-6-8-18(29)9-7-17/h1-12,29H,13H2,(H,27,30,32)/b19-11+. The van der Waals surface area contributed by atoms with Crippen LogP contribution in [-0.4, -0.2) is 23.0 Å². The van der Waals surface area contributed by atoms with Gasteiger partial charge in [0.15, 0.2) is 0 Å². The van der Waals surface area contributed by atoms with E-state index >= 15 is 0 Å². The molecule has 9 heteroatoms. The van der Waals surface area contributed by atoms with Crippen LogP contribution in [0.25, 0.3) is 6.08 Å². The van der Waals surface area contributed by atoms with Crippen LogP contribution in [0.2, 0.25) is 10.0 Å². The number of aromatic hydroxyl groups is 1. The number of phenolic OH excluding ortho intramolecular Hbond substituents is 1. The minimum Gasteiger partial charge on any atom is -0.508 e. The highest BCUT2D eigenvalue weighted by Crippen LogP contribution is 2.29. The summed E-state index contributed by atoms with van der Waals surface area (Å²) in [5.41, 5.74) is 1.34. The molecule has 0 bridgehead atoms. The molecular formula is C24H16Cl2N2O5. The summed E-state index contributed by atoms with van der Waals surface area (Å²) >= 11 is 12.2. The average Bonchev–Trinajstić information content (AvgIpc) is 2.78. The van der Waals surface area contributed by atoms with E-state index in [0.29, 0.717) is 16.3 Å². The molecule has 4 rings (SSSR count). The Morgan fingerprint density at radius 2 is 1.64 bits per heavy atom. The van der Waals surface area contributed by atoms with Crippen molar-refractivity contribution in [2.24, 2.45) is 0 Å². The Morgan fingerprint density at radius 3 is 2.30 bits per heavy atom. The van der Waals surface area contributed by atoms with Gasteiger partial charge < -0.3 is 9.84 Å². The summed E-state index contributed by atoms with van der Waals surface area (Å²) in [4.78, 5) is 38.3. The number of rotatable bonds is 5. The topological polar surface area (TPSA) is 95.9 Å². The van der Waals surface area contributed by atoms with Crippen LogP contribution in [-0.2, 0) is 16.2 Å². The summed E-state index contributed by atoms with van der Waals surface area (Å²) in [6, 6.07) is 16.6. The Balaban J connectivity index is 1.55. The second kappa shape index (κ2) is 9.36. The third kappa shape index (κ3) is 5.00. The van der Waals surface area contributed by atoms with E-state index in [1.165, 1.54) is 30.3 Å². The summed E-state index contributed by atoms with van der Waals surface area (Å²) in [6.07, 6.45) is 1.34. The van der Waals surface area contributed by atoms with Gasteiger partial charge in [0, 0.05) is 5.02 Å². The predicted octanol–water partition coefficient (Wildman–Crippen LogP) is 4.94. The molecule has 0 saturated carbocycles. The molecule has 0 aromatic heterocycles. The molecule has 166 valence electrons. The summed E-state index contributed by atoms with van der Waals surface area (Å²) in [5, 5.41) is 12.5. The van der Waals surface area contributed by atoms with E-state index in [9.17, 15) is 19.5 Å². The second-order valence-corrected chi connectivity index (χ2v) is 7.92. The monoisotopic (exact) mass is 482 g/mol. The Hall–Kier alpha value is -3.81. The number of nitrogens with zero attached hydrogens (tertiary/aromatic N) is 1. The quantitative estimate of drug-likeness (QED) is 0.396. The highest BCUT2D eigenvalue weighted by atomic mass is 35.5. The Labute approximate surface area is 198 Å². The van der Waals surface area contributed by atoms with Gasteiger partial charge in [0.1, 0.15) is 23.7 Å². The molecule has 0 radical (unpaired) electrons. The Bertz CT molecular complexity index is 1270. The number of anilines is 1. The maximum absolute atomic E-state index is 12.9. The van der Waals surface area contributed by atoms with Gasteiger partial charge in [-0.3, -0.25) is 14.9 Å². The number of carbonyl (C=O) groups is 3. The first-order valence-electron chi connectivity index (χ1n) is 9.69. The average molecular weight is 483 g/mol. The fourth-order valence-corrected chi connectivity index (χ4v) is 3.50. The SMILES string of the molecule is O=C1NC(=O)N(c2ccc(O)cc2)C(=O)/C1=C/c1ccc(OCc2ccc(Cl)cc2)c(Cl)c1. The minimum atomic E-state index is -0.878. The predicted molar refractivity (Wildman–Crippen MR) is 124 cm³/mol. The number of hydrogen-bond acceptors (Lipinski definition) is 5. The fourth-order valence-electron chi connectivity index (χ4n) is 3.13. The van der Waals surface area contributed by atoms with Crippen LogP contribution in [0, 0.1) is 0 Å². The molecule has 3 aromatic rings. The number of halogens is 2. The molecule has 3 aromatic carbocycles. The normalized spacial score (nSPS) is 15.0. The molecule has 1 aliphatic rings. The smallest absolute Gasteiger partial charge is 0.335 e. The van der Waals surface area contributed by atoms with E-state index < -0.39 is 17.8 Å². The van der Waals surface area contributed by atoms with Crippen LogP contribution in [0.4, 0.5) is 10.5 Å². The van der Waals surface area contributed by atoms with Crippen molar-refractivity contribution in [3.63, 3.8) is 0 Å². The van der Waals surface area contributed by atoms with Crippen LogP contribution in [0.3, 0.4) is 0 Å². The fraction of sp³-hybridized carbons (Fsp3) is 0.0417. The van der Waals surface area contributed by atoms with Gasteiger partial charge in [0.25, 0.3) is 11.8 Å². The van der Waals surface area contributed by atoms with Gasteiger partial charge in [-0.25, -0.2) is 9.69 Å². The zero-order chi connectivity index (χ0) is 23.5. The van der Waals surface area contributed by atoms with Gasteiger partial charge in [-0.2, -0.15) is 0 Å². The number of phenols is 1. The zero-order valence-electron chi connectivity index (χ0n) is 16.9. The number of amides is 4. The molecule has 1 saturated heterocycles. The van der Waals surface area contributed by atoms with Crippen molar-refractivity contribution in [2.45, 2.75) is 6.61 Å². The summed E-state index contributed by atoms with van der Waals surface area (Å²) in [5.74, 6) is -1.22. The van der Waals surface area contributed by atoms with Crippen LogP contribution >= 0.6 is 23.2 Å². The molecule has 1 heterocycles. The van der Waals surface area contributed by atoms with Gasteiger partial charge in [-0.15, -0.1) is 0 Å². The molecule has 0 atom stereocenters. The number of benzene rings is 3. The lowest BCUT2D eigenvalue weighted by molar-refractivity contribution is -0.122. The summed E-state index contributed by atoms with van der Waals surface area (Å²) in [7, 11) is 0. The maximum atomic E-state index is 12.9. The molecule has 33 heavy (non-hydrogen) atoms. The third-order valence-electron chi connectivity index (χ3n) is 4.78. The lowest BCUT2D eigenvalue weighted by Gasteiger charge is -2.26. The summed E-state index contributed by atoms with van der Waals surface area (Å²) in [6.45, 7) is 0.280. The van der Waals surface area contributed by atoms with Crippen LogP contribution in [0.1, 0.15) is 11.1 Å². The van der Waals surface area contributed by atoms with Crippen LogP contribution in [0.15, 0.2) is 72.3 Å². The number of carbonyl (C=O) groups excluding carboxylic acids is 3. The van der Waals surface area contributed by atoms with E-state index in [4.69, 9.17) is 27.9 Å². The first kappa shape index (κ1) is 22.4. The van der Waals surface area contributed by atoms with E-state index in [0.717, 1.165) is 10.5 Å². The minimum absolute atomic E-state index is 0.0246. The van der Waals surface area contributed by atoms with Crippen LogP contribution < -0.4 is 15.0 Å². The van der Waals surface area contributed by atoms with E-state index in [2.05, 4.69) is 5.32 Å². The largest absolute Gasteiger partial charge is 0.508 e. The number of barbiturate groups is 1. The van der Waals surface area contributed by atoms with Crippen molar-refractivity contribution in [1.82, 2.24) is 5.32 Å². The molecule has 7 nitrogen and oxygen atoms in total. The van der Waals surface area contributed by atoms with Crippen molar-refractivity contribution in [2.75, 3.05) is 4.90 Å². The molecule has 1 fully saturated rings. The highest BCUT2D eigenvalue weighted by Gasteiger charge is 2.36. The Kier molecular flexibility index (Phi) is 6.35. The van der Waals surface area contributed by atoms with E-state index in [-0.39, 0.29) is 28.6 Å². The van der Waals surface area contributed by atoms with Gasteiger partial charge in [0.2, 0.25) is 0 Å². The third-order valence-corrected chi connectivity index (χ3v) is 5.33. The highest BCUT2D eigenvalue weighted by molar-refractivity contribution is 6.39. The first-order chi connectivity index (χ1) is 15.8. The van der Waals surface area contributed by atoms with Crippen molar-refractivity contribution >= 4 is 52.8 Å². The molecule has 4 amide bonds. The number of hydrogen-bond donors (Lipinski definition) is 2. The van der Waals surface area contributed by atoms with Gasteiger partial charge in [-0.1, -0.05) is 41.4 Å². The van der Waals surface area contributed by atoms with Crippen molar-refractivity contribution in [3.05, 3.63) is 93.5 Å². The van der Waals surface area contributed by atoms with Crippen molar-refractivity contribution in [3.8, 4) is 11.5 Å². The van der Waals surface area contributed by atoms with E-state index in [1.54, 1.807) is 30.3 Å². The molecular weight excluding hydrogens is 467 g/mol. The summed E-state index contributed by atoms with van der Waals surface area (Å²) < 4.78 is 5.73. The van der Waals surface area contributed by atoms with Gasteiger partial charge >= 0.3 is 6.03 Å². The Morgan fingerprint density at radius 1 is 0.939 bits per heavy atom. The van der Waals surface area contributed by atoms with Crippen molar-refractivity contribution in [1.29, 1.82) is 0 Å². The molecule has 2 N–H and O–H groups in total. The zero-order valence-corrected chi connectivity index (χ0v) is 18.4. The lowest BCUT2D eigenvalue weighted by Crippen LogP contribution is -2.54. The van der Waals surface area contributed by atoms with Gasteiger partial charge in [0.05, 0.1) is 10.7 Å². The lowest BCUT2D eigenvalue weighted by atomic mass is 10.1. The number of ether oxygens (including phenoxy) is 1. The van der Waals surface area contributed by atoms with Gasteiger partial charge in [-0.05, 0) is 65.7 Å². The number of imide groups is 2. The number of urea groups is 1. The molecule has 1 aliphatic heterocycles. The molecule has 0 unspecified atom stereocenters. The second-order valence-electron chi connectivity index (χ2n) is 7.08. The van der Waals surface area contributed by atoms with Crippen LogP contribution in [0.5, 0.6) is 11.5 Å². The molecule has 0 spiro atoms. The van der Waals surface area contributed by atoms with E-state index in [1.807, 2.05) is 12.1 Å². The molecule has 0 aliphatic carbocycles. The van der Waals surface area contributed by atoms with Crippen molar-refractivity contribution < 1.29 is 24.2 Å². The first-order valence-corrected chi connectivity index (χ1v) is 10.4.